The van der Waals surface area contributed by atoms with Crippen molar-refractivity contribution in [1.29, 1.82) is 0 Å². The summed E-state index contributed by atoms with van der Waals surface area (Å²) in [6.07, 6.45) is 2.77. The van der Waals surface area contributed by atoms with Crippen LogP contribution in [0.2, 0.25) is 0 Å². The Kier molecular flexibility index (Phi) is 6.01. The van der Waals surface area contributed by atoms with Gasteiger partial charge in [0.2, 0.25) is 0 Å². The molecular weight excluding hydrogens is 380 g/mol. The molecule has 0 unspecified atom stereocenters. The number of hydrogen-bond donors (Lipinski definition) is 3. The highest BCUT2D eigenvalue weighted by atomic mass is 16.5. The van der Waals surface area contributed by atoms with E-state index in [0.717, 1.165) is 6.42 Å². The third kappa shape index (κ3) is 4.31. The van der Waals surface area contributed by atoms with Crippen LogP contribution in [0.5, 0.6) is 0 Å². The summed E-state index contributed by atoms with van der Waals surface area (Å²) >= 11 is 0. The summed E-state index contributed by atoms with van der Waals surface area (Å²) in [4.78, 5) is 36.1. The number of hydrogen-bond acceptors (Lipinski definition) is 7. The van der Waals surface area contributed by atoms with Gasteiger partial charge in [0.05, 0.1) is 24.1 Å². The highest BCUT2D eigenvalue weighted by Crippen LogP contribution is 2.29. The van der Waals surface area contributed by atoms with Gasteiger partial charge >= 0.3 is 12.0 Å². The molecule has 0 bridgehead atoms. The minimum atomic E-state index is -0.650. The first-order valence-electron chi connectivity index (χ1n) is 9.19. The number of hydrazine groups is 1. The van der Waals surface area contributed by atoms with E-state index in [1.165, 1.54) is 12.3 Å². The van der Waals surface area contributed by atoms with Gasteiger partial charge in [0, 0.05) is 17.5 Å². The Morgan fingerprint density at radius 1 is 1.17 bits per heavy atom. The van der Waals surface area contributed by atoms with Crippen molar-refractivity contribution in [3.05, 3.63) is 46.3 Å². The Hall–Kier alpha value is -3.56. The Morgan fingerprint density at radius 2 is 1.93 bits per heavy atom. The number of carbonyl (C=O) groups excluding carboxylic acids is 3. The van der Waals surface area contributed by atoms with Crippen LogP contribution < -0.4 is 16.3 Å². The largest absolute Gasteiger partial charge is 0.469 e. The molecule has 2 aromatic heterocycles. The molecule has 10 nitrogen and oxygen atoms in total. The fourth-order valence-electron chi connectivity index (χ4n) is 3.13. The van der Waals surface area contributed by atoms with E-state index >= 15 is 0 Å². The van der Waals surface area contributed by atoms with Gasteiger partial charge in [0.25, 0.3) is 5.91 Å². The van der Waals surface area contributed by atoms with Crippen LogP contribution in [0.1, 0.15) is 63.3 Å². The van der Waals surface area contributed by atoms with Crippen LogP contribution in [0.15, 0.2) is 26.3 Å². The maximum absolute atomic E-state index is 12.5. The van der Waals surface area contributed by atoms with Crippen molar-refractivity contribution in [3.8, 4) is 0 Å². The molecule has 0 spiro atoms. The molecule has 1 aliphatic rings. The summed E-state index contributed by atoms with van der Waals surface area (Å²) in [5, 5.41) is 4.11. The SMILES string of the molecule is CCOC(=O)N/N=C1\CCCc2oc(C(=O)NNC(=O)c3ccoc3C)c(C)c21. The average Bonchev–Trinajstić information content (AvgIpc) is 3.28. The third-order valence-corrected chi connectivity index (χ3v) is 4.48. The fraction of sp³-hybridized carbons (Fsp3) is 0.368. The van der Waals surface area contributed by atoms with Gasteiger partial charge in [0.15, 0.2) is 5.76 Å². The number of amides is 3. The van der Waals surface area contributed by atoms with E-state index in [-0.39, 0.29) is 12.4 Å². The molecule has 3 N–H and O–H groups in total. The van der Waals surface area contributed by atoms with Gasteiger partial charge in [-0.25, -0.2) is 10.2 Å². The van der Waals surface area contributed by atoms with E-state index in [9.17, 15) is 14.4 Å². The van der Waals surface area contributed by atoms with Crippen LogP contribution in [0.4, 0.5) is 4.79 Å². The Bertz CT molecular complexity index is 972. The third-order valence-electron chi connectivity index (χ3n) is 4.48. The van der Waals surface area contributed by atoms with Crippen LogP contribution >= 0.6 is 0 Å². The zero-order valence-corrected chi connectivity index (χ0v) is 16.4. The van der Waals surface area contributed by atoms with E-state index in [2.05, 4.69) is 21.4 Å². The lowest BCUT2D eigenvalue weighted by Crippen LogP contribution is -2.41. The molecule has 0 aliphatic heterocycles. The molecule has 0 aromatic carbocycles. The normalized spacial score (nSPS) is 14.2. The predicted octanol–water partition coefficient (Wildman–Crippen LogP) is 2.35. The molecule has 0 fully saturated rings. The summed E-state index contributed by atoms with van der Waals surface area (Å²) in [5.74, 6) is 0.0326. The standard InChI is InChI=1S/C19H22N4O6/c1-4-27-19(26)23-20-13-6-5-7-14-15(13)10(2)16(29-14)18(25)22-21-17(24)12-8-9-28-11(12)3/h8-9H,4-7H2,1-3H3,(H,21,24)(H,22,25)(H,23,26)/b20-13+. The molecule has 2 aromatic rings. The van der Waals surface area contributed by atoms with Gasteiger partial charge in [-0.05, 0) is 39.7 Å². The number of aryl methyl sites for hydroxylation is 2. The first-order chi connectivity index (χ1) is 13.9. The van der Waals surface area contributed by atoms with Crippen molar-refractivity contribution in [2.24, 2.45) is 5.10 Å². The Labute approximate surface area is 166 Å². The molecule has 10 heteroatoms. The van der Waals surface area contributed by atoms with Gasteiger partial charge in [0.1, 0.15) is 11.5 Å². The van der Waals surface area contributed by atoms with Crippen LogP contribution in [0.25, 0.3) is 0 Å². The summed E-state index contributed by atoms with van der Waals surface area (Å²) in [7, 11) is 0. The molecule has 0 saturated heterocycles. The second-order valence-corrected chi connectivity index (χ2v) is 6.40. The number of nitrogens with one attached hydrogen (secondary N) is 3. The summed E-state index contributed by atoms with van der Waals surface area (Å²) in [6.45, 7) is 5.31. The minimum absolute atomic E-state index is 0.0740. The number of rotatable bonds is 4. The number of nitrogens with zero attached hydrogens (tertiary/aromatic N) is 1. The van der Waals surface area contributed by atoms with Crippen LogP contribution in [-0.4, -0.2) is 30.2 Å². The quantitative estimate of drug-likeness (QED) is 0.672. The molecule has 3 rings (SSSR count). The van der Waals surface area contributed by atoms with E-state index in [1.807, 2.05) is 0 Å². The van der Waals surface area contributed by atoms with Gasteiger partial charge < -0.3 is 13.6 Å². The molecule has 3 amide bonds. The van der Waals surface area contributed by atoms with Gasteiger partial charge in [-0.2, -0.15) is 5.10 Å². The van der Waals surface area contributed by atoms with Gasteiger partial charge in [-0.1, -0.05) is 0 Å². The average molecular weight is 402 g/mol. The summed E-state index contributed by atoms with van der Waals surface area (Å²) < 4.78 is 15.6. The molecule has 154 valence electrons. The number of fused-ring (bicyclic) bond motifs is 1. The van der Waals surface area contributed by atoms with E-state index in [4.69, 9.17) is 13.6 Å². The summed E-state index contributed by atoms with van der Waals surface area (Å²) in [5.41, 5.74) is 9.21. The first-order valence-corrected chi connectivity index (χ1v) is 9.19. The summed E-state index contributed by atoms with van der Waals surface area (Å²) in [6, 6.07) is 1.51. The van der Waals surface area contributed by atoms with Crippen molar-refractivity contribution >= 4 is 23.6 Å². The monoisotopic (exact) mass is 402 g/mol. The first kappa shape index (κ1) is 20.2. The smallest absolute Gasteiger partial charge is 0.427 e. The fourth-order valence-corrected chi connectivity index (χ4v) is 3.13. The van der Waals surface area contributed by atoms with Gasteiger partial charge in [-0.15, -0.1) is 0 Å². The number of hydrazone groups is 1. The highest BCUT2D eigenvalue weighted by Gasteiger charge is 2.28. The molecule has 0 atom stereocenters. The lowest BCUT2D eigenvalue weighted by atomic mass is 9.93. The zero-order valence-electron chi connectivity index (χ0n) is 16.4. The maximum Gasteiger partial charge on any atom is 0.427 e. The van der Waals surface area contributed by atoms with Crippen molar-refractivity contribution in [2.45, 2.75) is 40.0 Å². The van der Waals surface area contributed by atoms with Gasteiger partial charge in [-0.3, -0.25) is 20.4 Å². The van der Waals surface area contributed by atoms with Crippen LogP contribution in [-0.2, 0) is 11.2 Å². The van der Waals surface area contributed by atoms with E-state index in [0.29, 0.717) is 46.8 Å². The van der Waals surface area contributed by atoms with Crippen molar-refractivity contribution < 1.29 is 28.0 Å². The molecule has 0 saturated carbocycles. The maximum atomic E-state index is 12.5. The molecular formula is C19H22N4O6. The van der Waals surface area contributed by atoms with Crippen LogP contribution in [0.3, 0.4) is 0 Å². The van der Waals surface area contributed by atoms with Crippen molar-refractivity contribution in [1.82, 2.24) is 16.3 Å². The predicted molar refractivity (Wildman–Crippen MR) is 101 cm³/mol. The highest BCUT2D eigenvalue weighted by molar-refractivity contribution is 6.07. The topological polar surface area (TPSA) is 135 Å². The molecule has 1 aliphatic carbocycles. The molecule has 29 heavy (non-hydrogen) atoms. The van der Waals surface area contributed by atoms with E-state index in [1.54, 1.807) is 20.8 Å². The number of furan rings is 2. The second kappa shape index (κ2) is 8.63. The lowest BCUT2D eigenvalue weighted by molar-refractivity contribution is 0.0828. The van der Waals surface area contributed by atoms with E-state index < -0.39 is 17.9 Å². The minimum Gasteiger partial charge on any atom is -0.469 e. The molecule has 0 radical (unpaired) electrons. The van der Waals surface area contributed by atoms with Crippen molar-refractivity contribution in [2.75, 3.05) is 6.61 Å². The zero-order chi connectivity index (χ0) is 21.0. The second-order valence-electron chi connectivity index (χ2n) is 6.40. The number of ether oxygens (including phenoxy) is 1. The Morgan fingerprint density at radius 3 is 2.62 bits per heavy atom. The van der Waals surface area contributed by atoms with Crippen molar-refractivity contribution in [3.63, 3.8) is 0 Å². The Balaban J connectivity index is 1.74. The molecule has 2 heterocycles. The van der Waals surface area contributed by atoms with Crippen LogP contribution in [0, 0.1) is 13.8 Å². The lowest BCUT2D eigenvalue weighted by Gasteiger charge is -2.13. The number of carbonyl (C=O) groups is 3.